The number of nitrogens with zero attached hydrogens (tertiary/aromatic N) is 4. The highest BCUT2D eigenvalue weighted by atomic mass is 16.3. The second-order valence-electron chi connectivity index (χ2n) is 4.58. The summed E-state index contributed by atoms with van der Waals surface area (Å²) in [7, 11) is 0. The lowest BCUT2D eigenvalue weighted by Crippen LogP contribution is -2.13. The van der Waals surface area contributed by atoms with Crippen LogP contribution in [0.3, 0.4) is 0 Å². The Hall–Kier alpha value is -2.19. The number of aryl methyl sites for hydroxylation is 2. The zero-order chi connectivity index (χ0) is 14.5. The topological polar surface area (TPSA) is 74.7 Å². The fraction of sp³-hybridized carbons (Fsp3) is 0.400. The molecule has 0 bridgehead atoms. The summed E-state index contributed by atoms with van der Waals surface area (Å²) in [6.07, 6.45) is 0.916. The van der Waals surface area contributed by atoms with Crippen LogP contribution in [-0.2, 0) is 19.4 Å². The maximum atomic E-state index is 10.3. The Morgan fingerprint density at radius 1 is 1.25 bits per heavy atom. The molecule has 0 fully saturated rings. The molecular formula is C15H18N4O. The predicted octanol–water partition coefficient (Wildman–Crippen LogP) is 2.01. The Bertz CT molecular complexity index is 610. The van der Waals surface area contributed by atoms with Crippen LogP contribution in [-0.4, -0.2) is 19.9 Å². The minimum Gasteiger partial charge on any atom is -0.386 e. The number of nitriles is 1. The molecule has 0 spiro atoms. The minimum absolute atomic E-state index is 0.377. The molecule has 1 aromatic carbocycles. The van der Waals surface area contributed by atoms with Gasteiger partial charge in [-0.3, -0.25) is 0 Å². The molecule has 0 aliphatic carbocycles. The summed E-state index contributed by atoms with van der Waals surface area (Å²) in [5.74, 6) is 1.68. The van der Waals surface area contributed by atoms with Crippen molar-refractivity contribution in [1.82, 2.24) is 14.8 Å². The van der Waals surface area contributed by atoms with Gasteiger partial charge in [-0.2, -0.15) is 10.4 Å². The lowest BCUT2D eigenvalue weighted by Gasteiger charge is -2.12. The quantitative estimate of drug-likeness (QED) is 0.901. The molecule has 0 amide bonds. The Morgan fingerprint density at radius 3 is 2.50 bits per heavy atom. The van der Waals surface area contributed by atoms with Crippen molar-refractivity contribution in [2.75, 3.05) is 0 Å². The van der Waals surface area contributed by atoms with E-state index in [2.05, 4.69) is 16.2 Å². The fourth-order valence-corrected chi connectivity index (χ4v) is 2.03. The number of hydrogen-bond acceptors (Lipinski definition) is 4. The van der Waals surface area contributed by atoms with Gasteiger partial charge in [0.15, 0.2) is 5.82 Å². The highest BCUT2D eigenvalue weighted by molar-refractivity contribution is 5.32. The lowest BCUT2D eigenvalue weighted by molar-refractivity contribution is 0.150. The van der Waals surface area contributed by atoms with Crippen molar-refractivity contribution in [3.05, 3.63) is 47.0 Å². The molecule has 0 aliphatic rings. The van der Waals surface area contributed by atoms with E-state index >= 15 is 0 Å². The van der Waals surface area contributed by atoms with Crippen molar-refractivity contribution in [2.24, 2.45) is 0 Å². The summed E-state index contributed by atoms with van der Waals surface area (Å²) in [6.45, 7) is 4.41. The fourth-order valence-electron chi connectivity index (χ4n) is 2.03. The largest absolute Gasteiger partial charge is 0.386 e. The smallest absolute Gasteiger partial charge is 0.150 e. The third-order valence-corrected chi connectivity index (χ3v) is 3.20. The van der Waals surface area contributed by atoms with Crippen LogP contribution in [0.4, 0.5) is 0 Å². The summed E-state index contributed by atoms with van der Waals surface area (Å²) in [4.78, 5) is 4.42. The summed E-state index contributed by atoms with van der Waals surface area (Å²) in [6, 6.07) is 9.02. The molecule has 0 saturated heterocycles. The highest BCUT2D eigenvalue weighted by Gasteiger charge is 2.13. The van der Waals surface area contributed by atoms with Crippen LogP contribution in [0.5, 0.6) is 0 Å². The molecule has 1 aromatic heterocycles. The lowest BCUT2D eigenvalue weighted by atomic mass is 10.1. The molecule has 0 aliphatic heterocycles. The van der Waals surface area contributed by atoms with E-state index in [1.54, 1.807) is 28.9 Å². The van der Waals surface area contributed by atoms with E-state index in [1.165, 1.54) is 0 Å². The van der Waals surface area contributed by atoms with E-state index in [-0.39, 0.29) is 0 Å². The molecule has 5 heteroatoms. The van der Waals surface area contributed by atoms with Crippen molar-refractivity contribution in [2.45, 2.75) is 39.3 Å². The molecule has 2 aromatic rings. The Balaban J connectivity index is 2.16. The maximum absolute atomic E-state index is 10.3. The highest BCUT2D eigenvalue weighted by Crippen LogP contribution is 2.16. The summed E-state index contributed by atoms with van der Waals surface area (Å²) in [5.41, 5.74) is 1.36. The normalized spacial score (nSPS) is 12.1. The van der Waals surface area contributed by atoms with Gasteiger partial charge in [0.25, 0.3) is 0 Å². The number of aliphatic hydroxyl groups excluding tert-OH is 1. The van der Waals surface area contributed by atoms with E-state index in [0.717, 1.165) is 30.1 Å². The van der Waals surface area contributed by atoms with Crippen LogP contribution in [0, 0.1) is 11.3 Å². The molecule has 5 nitrogen and oxygen atoms in total. The summed E-state index contributed by atoms with van der Waals surface area (Å²) >= 11 is 0. The third-order valence-electron chi connectivity index (χ3n) is 3.20. The predicted molar refractivity (Wildman–Crippen MR) is 74.9 cm³/mol. The first-order valence-electron chi connectivity index (χ1n) is 6.78. The molecule has 1 atom stereocenters. The van der Waals surface area contributed by atoms with Crippen molar-refractivity contribution < 1.29 is 5.11 Å². The zero-order valence-electron chi connectivity index (χ0n) is 11.7. The second kappa shape index (κ2) is 6.31. The number of aromatic nitrogens is 3. The van der Waals surface area contributed by atoms with Crippen LogP contribution < -0.4 is 0 Å². The standard InChI is InChI=1S/C15H18N4O/c1-3-14-17-15(4-2)19(18-14)10-13(20)12-7-5-11(9-16)6-8-12/h5-8,13,20H,3-4,10H2,1-2H3. The Kier molecular flexibility index (Phi) is 4.49. The van der Waals surface area contributed by atoms with E-state index in [1.807, 2.05) is 13.8 Å². The van der Waals surface area contributed by atoms with Crippen LogP contribution >= 0.6 is 0 Å². The summed E-state index contributed by atoms with van der Waals surface area (Å²) < 4.78 is 1.77. The third kappa shape index (κ3) is 3.03. The minimum atomic E-state index is -0.653. The first kappa shape index (κ1) is 14.2. The molecule has 1 N–H and O–H groups in total. The van der Waals surface area contributed by atoms with Gasteiger partial charge in [0.2, 0.25) is 0 Å². The van der Waals surface area contributed by atoms with Gasteiger partial charge in [-0.05, 0) is 17.7 Å². The molecule has 0 radical (unpaired) electrons. The van der Waals surface area contributed by atoms with Crippen LogP contribution in [0.15, 0.2) is 24.3 Å². The van der Waals surface area contributed by atoms with Crippen molar-refractivity contribution >= 4 is 0 Å². The van der Waals surface area contributed by atoms with Crippen molar-refractivity contribution in [1.29, 1.82) is 5.26 Å². The van der Waals surface area contributed by atoms with Gasteiger partial charge in [0.1, 0.15) is 5.82 Å². The van der Waals surface area contributed by atoms with E-state index in [0.29, 0.717) is 12.1 Å². The molecule has 1 unspecified atom stereocenters. The molecule has 20 heavy (non-hydrogen) atoms. The van der Waals surface area contributed by atoms with Gasteiger partial charge in [-0.15, -0.1) is 0 Å². The van der Waals surface area contributed by atoms with Crippen molar-refractivity contribution in [3.8, 4) is 6.07 Å². The van der Waals surface area contributed by atoms with Gasteiger partial charge < -0.3 is 5.11 Å². The van der Waals surface area contributed by atoms with Crippen LogP contribution in [0.2, 0.25) is 0 Å². The van der Waals surface area contributed by atoms with Crippen LogP contribution in [0.25, 0.3) is 0 Å². The van der Waals surface area contributed by atoms with E-state index < -0.39 is 6.10 Å². The van der Waals surface area contributed by atoms with Gasteiger partial charge in [-0.1, -0.05) is 26.0 Å². The molecular weight excluding hydrogens is 252 g/mol. The first-order valence-corrected chi connectivity index (χ1v) is 6.78. The molecule has 104 valence electrons. The Morgan fingerprint density at radius 2 is 1.95 bits per heavy atom. The SMILES string of the molecule is CCc1nc(CC)n(CC(O)c2ccc(C#N)cc2)n1. The number of benzene rings is 1. The average Bonchev–Trinajstić information content (AvgIpc) is 2.89. The molecule has 2 rings (SSSR count). The van der Waals surface area contributed by atoms with E-state index in [4.69, 9.17) is 5.26 Å². The van der Waals surface area contributed by atoms with E-state index in [9.17, 15) is 5.11 Å². The monoisotopic (exact) mass is 270 g/mol. The number of hydrogen-bond donors (Lipinski definition) is 1. The zero-order valence-corrected chi connectivity index (χ0v) is 11.7. The Labute approximate surface area is 118 Å². The van der Waals surface area contributed by atoms with Gasteiger partial charge >= 0.3 is 0 Å². The van der Waals surface area contributed by atoms with Crippen LogP contribution in [0.1, 0.15) is 42.7 Å². The molecule has 0 saturated carbocycles. The number of rotatable bonds is 5. The average molecular weight is 270 g/mol. The van der Waals surface area contributed by atoms with Gasteiger partial charge in [0.05, 0.1) is 24.3 Å². The summed E-state index contributed by atoms with van der Waals surface area (Å²) in [5, 5.41) is 23.4. The van der Waals surface area contributed by atoms with Crippen molar-refractivity contribution in [3.63, 3.8) is 0 Å². The van der Waals surface area contributed by atoms with Gasteiger partial charge in [0, 0.05) is 12.8 Å². The molecule has 1 heterocycles. The number of aliphatic hydroxyl groups is 1. The second-order valence-corrected chi connectivity index (χ2v) is 4.58. The first-order chi connectivity index (χ1) is 9.67. The maximum Gasteiger partial charge on any atom is 0.150 e. The van der Waals surface area contributed by atoms with Gasteiger partial charge in [-0.25, -0.2) is 9.67 Å².